The smallest absolute Gasteiger partial charge is 0.187 e. The van der Waals surface area contributed by atoms with E-state index in [1.165, 1.54) is 0 Å². The zero-order valence-corrected chi connectivity index (χ0v) is 16.5. The Morgan fingerprint density at radius 3 is 1.66 bits per heavy atom. The van der Waals surface area contributed by atoms with Crippen molar-refractivity contribution in [3.63, 3.8) is 0 Å². The summed E-state index contributed by atoms with van der Waals surface area (Å²) in [5.74, 6) is 0. The van der Waals surface area contributed by atoms with Crippen LogP contribution in [0.5, 0.6) is 0 Å². The van der Waals surface area contributed by atoms with Gasteiger partial charge in [0.1, 0.15) is 0 Å². The largest absolute Gasteiger partial charge is 0.398 e. The van der Waals surface area contributed by atoms with Gasteiger partial charge in [-0.05, 0) is 72.9 Å². The Kier molecular flexibility index (Phi) is 5.03. The number of nitrogens with zero attached hydrogens (tertiary/aromatic N) is 4. The zero-order valence-electron chi connectivity index (χ0n) is 16.5. The van der Waals surface area contributed by atoms with Gasteiger partial charge in [-0.3, -0.25) is 0 Å². The predicted octanol–water partition coefficient (Wildman–Crippen LogP) is 3.50. The first-order valence-corrected chi connectivity index (χ1v) is 10.0. The number of benzene rings is 1. The Morgan fingerprint density at radius 1 is 0.531 bits per heavy atom. The fourth-order valence-corrected chi connectivity index (χ4v) is 3.86. The number of hydrogen-bond donors (Lipinski definition) is 1. The summed E-state index contributed by atoms with van der Waals surface area (Å²) in [5, 5.41) is 0. The minimum Gasteiger partial charge on any atom is -0.398 e. The molecule has 0 aromatic heterocycles. The number of allylic oxidation sites excluding steroid dienone is 12. The summed E-state index contributed by atoms with van der Waals surface area (Å²) in [5.41, 5.74) is 15.7. The first-order valence-electron chi connectivity index (χ1n) is 10.0. The third-order valence-corrected chi connectivity index (χ3v) is 5.29. The molecule has 5 aliphatic rings. The fourth-order valence-electron chi connectivity index (χ4n) is 3.86. The Hall–Kier alpha value is -3.85. The minimum absolute atomic E-state index is 0. The van der Waals surface area contributed by atoms with Crippen molar-refractivity contribution >= 4 is 51.5 Å². The predicted molar refractivity (Wildman–Crippen MR) is 138 cm³/mol. The van der Waals surface area contributed by atoms with Crippen LogP contribution >= 0.6 is 0 Å². The summed E-state index contributed by atoms with van der Waals surface area (Å²) in [6.45, 7) is 0. The van der Waals surface area contributed by atoms with Gasteiger partial charge in [-0.2, -0.15) is 0 Å². The van der Waals surface area contributed by atoms with Gasteiger partial charge in [0.25, 0.3) is 0 Å². The Morgan fingerprint density at radius 2 is 1.06 bits per heavy atom. The molecular weight excluding hydrogens is 409 g/mol. The molecule has 0 spiro atoms. The van der Waals surface area contributed by atoms with E-state index in [4.69, 9.17) is 15.7 Å². The molecule has 0 fully saturated rings. The van der Waals surface area contributed by atoms with E-state index in [0.717, 1.165) is 56.8 Å². The van der Waals surface area contributed by atoms with Crippen LogP contribution in [0.3, 0.4) is 0 Å². The topological polar surface area (TPSA) is 75.5 Å². The van der Waals surface area contributed by atoms with E-state index in [2.05, 4.69) is 9.98 Å². The van der Waals surface area contributed by atoms with Crippen LogP contribution in [-0.2, 0) is 0 Å². The van der Waals surface area contributed by atoms with E-state index in [9.17, 15) is 0 Å². The van der Waals surface area contributed by atoms with Gasteiger partial charge in [0.05, 0.1) is 45.6 Å². The first kappa shape index (κ1) is 20.1. The van der Waals surface area contributed by atoms with Crippen molar-refractivity contribution in [2.75, 3.05) is 5.73 Å². The summed E-state index contributed by atoms with van der Waals surface area (Å²) in [6.07, 6.45) is 21.9. The van der Waals surface area contributed by atoms with Crippen molar-refractivity contribution in [1.29, 1.82) is 0 Å². The number of fused-ring (bicyclic) bond motifs is 4. The summed E-state index contributed by atoms with van der Waals surface area (Å²) in [7, 11) is 0. The maximum atomic E-state index is 6.27. The molecule has 5 nitrogen and oxygen atoms in total. The fraction of sp³-hybridized carbons (Fsp3) is 0. The van der Waals surface area contributed by atoms with Crippen LogP contribution in [0.25, 0.3) is 5.57 Å². The van der Waals surface area contributed by atoms with E-state index >= 15 is 0 Å². The molecule has 0 saturated carbocycles. The van der Waals surface area contributed by atoms with Crippen LogP contribution in [0.4, 0.5) is 5.69 Å². The molecule has 2 N–H and O–H groups in total. The molecule has 0 amide bonds. The highest BCUT2D eigenvalue weighted by molar-refractivity contribution is 6.33. The highest BCUT2D eigenvalue weighted by Crippen LogP contribution is 2.31. The monoisotopic (exact) mass is 429 g/mol. The Bertz CT molecular complexity index is 1420. The average molecular weight is 429 g/mol. The molecule has 152 valence electrons. The third kappa shape index (κ3) is 3.78. The van der Waals surface area contributed by atoms with E-state index in [-0.39, 0.29) is 17.4 Å². The van der Waals surface area contributed by atoms with Gasteiger partial charge < -0.3 is 5.73 Å². The highest BCUT2D eigenvalue weighted by Gasteiger charge is 2.19. The van der Waals surface area contributed by atoms with Crippen LogP contribution < -0.4 is 5.73 Å². The molecule has 0 aliphatic carbocycles. The van der Waals surface area contributed by atoms with Crippen molar-refractivity contribution in [2.45, 2.75) is 0 Å². The van der Waals surface area contributed by atoms with Crippen LogP contribution in [0, 0.1) is 0 Å². The SMILES string of the molecule is Nc1ccccc1C1=CC2=CC3=NC(=CC4=NC(=CC5=NC(=CC1=N2)C=C5)C=C4)C=C3.[AlH3]. The second-order valence-electron chi connectivity index (χ2n) is 7.53. The Labute approximate surface area is 196 Å². The minimum atomic E-state index is 0. The standard InChI is InChI=1S/C26H17N5.Al.3H/c27-25-4-2-1-3-23(25)24-14-22-13-20-8-7-18(29-20)11-16-5-6-17(28-16)12-19-9-10-21(30-19)15-26(24)31-22;;;;/h1-15H,27H2;;;;. The number of hydrogen-bond acceptors (Lipinski definition) is 5. The molecule has 0 saturated heterocycles. The van der Waals surface area contributed by atoms with Crippen LogP contribution in [0.2, 0.25) is 0 Å². The second kappa shape index (κ2) is 8.01. The van der Waals surface area contributed by atoms with Gasteiger partial charge in [0.15, 0.2) is 17.4 Å². The van der Waals surface area contributed by atoms with Crippen molar-refractivity contribution < 1.29 is 0 Å². The lowest BCUT2D eigenvalue weighted by molar-refractivity contribution is 1.41. The van der Waals surface area contributed by atoms with Gasteiger partial charge in [-0.1, -0.05) is 18.2 Å². The molecule has 0 radical (unpaired) electrons. The number of anilines is 1. The number of para-hydroxylation sites is 1. The van der Waals surface area contributed by atoms with Crippen molar-refractivity contribution in [1.82, 2.24) is 0 Å². The lowest BCUT2D eigenvalue weighted by Gasteiger charge is -2.07. The molecule has 6 rings (SSSR count). The van der Waals surface area contributed by atoms with E-state index in [1.54, 1.807) is 0 Å². The van der Waals surface area contributed by atoms with Crippen LogP contribution in [0.15, 0.2) is 134 Å². The molecule has 0 unspecified atom stereocenters. The molecule has 32 heavy (non-hydrogen) atoms. The number of rotatable bonds is 1. The van der Waals surface area contributed by atoms with E-state index in [0.29, 0.717) is 5.69 Å². The zero-order chi connectivity index (χ0) is 20.8. The molecule has 5 aliphatic heterocycles. The van der Waals surface area contributed by atoms with Crippen molar-refractivity contribution in [2.24, 2.45) is 20.0 Å². The number of nitrogen functional groups attached to an aromatic ring is 1. The molecule has 6 heteroatoms. The molecular formula is C26H20AlN5. The van der Waals surface area contributed by atoms with Crippen molar-refractivity contribution in [3.8, 4) is 0 Å². The number of aliphatic imine (C=N–C) groups is 4. The van der Waals surface area contributed by atoms with Gasteiger partial charge in [0, 0.05) is 16.8 Å². The summed E-state index contributed by atoms with van der Waals surface area (Å²) >= 11 is 0. The van der Waals surface area contributed by atoms with Crippen LogP contribution in [-0.4, -0.2) is 40.2 Å². The van der Waals surface area contributed by atoms with Gasteiger partial charge in [-0.15, -0.1) is 0 Å². The molecule has 1 aromatic carbocycles. The first-order chi connectivity index (χ1) is 15.2. The lowest BCUT2D eigenvalue weighted by atomic mass is 9.99. The molecule has 8 bridgehead atoms. The third-order valence-electron chi connectivity index (χ3n) is 5.29. The maximum absolute atomic E-state index is 6.27. The van der Waals surface area contributed by atoms with Gasteiger partial charge in [-0.25, -0.2) is 20.0 Å². The molecule has 0 atom stereocenters. The lowest BCUT2D eigenvalue weighted by Crippen LogP contribution is -2.00. The van der Waals surface area contributed by atoms with Crippen LogP contribution in [0.1, 0.15) is 5.56 Å². The quantitative estimate of drug-likeness (QED) is 0.538. The summed E-state index contributed by atoms with van der Waals surface area (Å²) < 4.78 is 0. The van der Waals surface area contributed by atoms with E-state index in [1.807, 2.05) is 91.1 Å². The van der Waals surface area contributed by atoms with E-state index < -0.39 is 0 Å². The normalized spacial score (nSPS) is 19.8. The average Bonchev–Trinajstić information content (AvgIpc) is 3.53. The Balaban J connectivity index is 0.00000216. The highest BCUT2D eigenvalue weighted by atomic mass is 27.0. The second-order valence-corrected chi connectivity index (χ2v) is 7.53. The molecule has 5 heterocycles. The number of nitrogens with two attached hydrogens (primary N) is 1. The van der Waals surface area contributed by atoms with Crippen molar-refractivity contribution in [3.05, 3.63) is 119 Å². The molecule has 1 aromatic rings. The van der Waals surface area contributed by atoms with Gasteiger partial charge in [0.2, 0.25) is 0 Å². The summed E-state index contributed by atoms with van der Waals surface area (Å²) in [6, 6.07) is 7.83. The van der Waals surface area contributed by atoms with Gasteiger partial charge >= 0.3 is 0 Å². The maximum Gasteiger partial charge on any atom is 0.187 e. The summed E-state index contributed by atoms with van der Waals surface area (Å²) in [4.78, 5) is 18.9.